The van der Waals surface area contributed by atoms with E-state index in [1.54, 1.807) is 24.3 Å². The van der Waals surface area contributed by atoms with Crippen molar-refractivity contribution in [1.29, 1.82) is 0 Å². The highest BCUT2D eigenvalue weighted by Crippen LogP contribution is 2.42. The minimum atomic E-state index is -5.01. The number of hydrogen-bond donors (Lipinski definition) is 1. The Hall–Kier alpha value is -4.48. The second-order valence-corrected chi connectivity index (χ2v) is 7.29. The number of nitro benzene ring substituents is 2. The number of halogens is 3. The van der Waals surface area contributed by atoms with Crippen molar-refractivity contribution in [2.75, 3.05) is 5.43 Å². The fourth-order valence-corrected chi connectivity index (χ4v) is 3.55. The minimum absolute atomic E-state index is 0.205. The van der Waals surface area contributed by atoms with Gasteiger partial charge in [0.1, 0.15) is 11.9 Å². The second-order valence-electron chi connectivity index (χ2n) is 7.29. The SMILES string of the molecule is O=[N+]([O-])c1cc(C(F)(F)F)cc([N+](=O)[O-])c1NN=C1CC(c2ccccc2)Oc2ccccc21. The van der Waals surface area contributed by atoms with E-state index in [1.807, 2.05) is 30.3 Å². The Morgan fingerprint density at radius 1 is 0.941 bits per heavy atom. The zero-order valence-corrected chi connectivity index (χ0v) is 17.2. The van der Waals surface area contributed by atoms with E-state index < -0.39 is 44.8 Å². The van der Waals surface area contributed by atoms with Gasteiger partial charge in [-0.1, -0.05) is 42.5 Å². The molecule has 1 aliphatic heterocycles. The number of anilines is 1. The molecule has 34 heavy (non-hydrogen) atoms. The molecule has 1 heterocycles. The van der Waals surface area contributed by atoms with Gasteiger partial charge in [0.15, 0.2) is 0 Å². The summed E-state index contributed by atoms with van der Waals surface area (Å²) in [5, 5.41) is 27.1. The summed E-state index contributed by atoms with van der Waals surface area (Å²) >= 11 is 0. The maximum absolute atomic E-state index is 13.1. The first-order valence-corrected chi connectivity index (χ1v) is 9.82. The van der Waals surface area contributed by atoms with E-state index in [-0.39, 0.29) is 18.6 Å². The molecule has 174 valence electrons. The number of nitrogens with zero attached hydrogens (tertiary/aromatic N) is 3. The van der Waals surface area contributed by atoms with Crippen LogP contribution in [-0.4, -0.2) is 15.6 Å². The molecule has 1 atom stereocenters. The Kier molecular flexibility index (Phi) is 5.88. The molecule has 0 bridgehead atoms. The molecule has 0 fully saturated rings. The molecule has 0 saturated carbocycles. The third-order valence-electron chi connectivity index (χ3n) is 5.14. The summed E-state index contributed by atoms with van der Waals surface area (Å²) in [6, 6.07) is 16.5. The molecule has 0 aromatic heterocycles. The van der Waals surface area contributed by atoms with Crippen molar-refractivity contribution >= 4 is 22.8 Å². The molecule has 12 heteroatoms. The lowest BCUT2D eigenvalue weighted by Crippen LogP contribution is -2.22. The molecule has 1 unspecified atom stereocenters. The van der Waals surface area contributed by atoms with Crippen LogP contribution in [0.2, 0.25) is 0 Å². The number of benzene rings is 3. The Balaban J connectivity index is 1.79. The molecule has 9 nitrogen and oxygen atoms in total. The third-order valence-corrected chi connectivity index (χ3v) is 5.14. The van der Waals surface area contributed by atoms with Gasteiger partial charge < -0.3 is 4.74 Å². The lowest BCUT2D eigenvalue weighted by atomic mass is 9.96. The summed E-state index contributed by atoms with van der Waals surface area (Å²) in [7, 11) is 0. The van der Waals surface area contributed by atoms with E-state index in [1.165, 1.54) is 0 Å². The van der Waals surface area contributed by atoms with Gasteiger partial charge >= 0.3 is 17.6 Å². The maximum atomic E-state index is 13.1. The van der Waals surface area contributed by atoms with Gasteiger partial charge in [0.05, 0.1) is 21.1 Å². The molecular formula is C22H15F3N4O5. The zero-order valence-electron chi connectivity index (χ0n) is 17.2. The first-order chi connectivity index (χ1) is 16.1. The smallest absolute Gasteiger partial charge is 0.416 e. The van der Waals surface area contributed by atoms with Crippen LogP contribution >= 0.6 is 0 Å². The van der Waals surface area contributed by atoms with Crippen LogP contribution in [0.25, 0.3) is 0 Å². The molecule has 1 aliphatic rings. The van der Waals surface area contributed by atoms with Gasteiger partial charge in [-0.05, 0) is 17.7 Å². The standard InChI is InChI=1S/C22H15F3N4O5/c23-22(24,25)14-10-17(28(30)31)21(18(11-14)29(32)33)27-26-16-12-20(13-6-2-1-3-7-13)34-19-9-5-4-8-15(16)19/h1-11,20,27H,12H2. The maximum Gasteiger partial charge on any atom is 0.416 e. The van der Waals surface area contributed by atoms with Crippen molar-refractivity contribution in [3.05, 3.63) is 104 Å². The van der Waals surface area contributed by atoms with Crippen molar-refractivity contribution in [2.45, 2.75) is 18.7 Å². The summed E-state index contributed by atoms with van der Waals surface area (Å²) in [4.78, 5) is 20.7. The van der Waals surface area contributed by atoms with Crippen LogP contribution in [0, 0.1) is 20.2 Å². The predicted molar refractivity (Wildman–Crippen MR) is 116 cm³/mol. The molecule has 0 amide bonds. The number of nitro groups is 2. The lowest BCUT2D eigenvalue weighted by Gasteiger charge is -2.27. The highest BCUT2D eigenvalue weighted by Gasteiger charge is 2.38. The van der Waals surface area contributed by atoms with Gasteiger partial charge in [-0.15, -0.1) is 0 Å². The average molecular weight is 472 g/mol. The van der Waals surface area contributed by atoms with Crippen molar-refractivity contribution in [3.63, 3.8) is 0 Å². The Morgan fingerprint density at radius 2 is 1.53 bits per heavy atom. The summed E-state index contributed by atoms with van der Waals surface area (Å²) in [6.07, 6.45) is -5.27. The second kappa shape index (κ2) is 8.81. The number of rotatable bonds is 5. The number of para-hydroxylation sites is 1. The van der Waals surface area contributed by atoms with Gasteiger partial charge in [-0.25, -0.2) is 0 Å². The normalized spacial score (nSPS) is 16.4. The van der Waals surface area contributed by atoms with Crippen molar-refractivity contribution < 1.29 is 27.8 Å². The van der Waals surface area contributed by atoms with E-state index in [4.69, 9.17) is 4.74 Å². The van der Waals surface area contributed by atoms with Crippen molar-refractivity contribution in [3.8, 4) is 5.75 Å². The highest BCUT2D eigenvalue weighted by atomic mass is 19.4. The van der Waals surface area contributed by atoms with Crippen LogP contribution in [0.5, 0.6) is 5.75 Å². The summed E-state index contributed by atoms with van der Waals surface area (Å²) < 4.78 is 45.5. The number of nitrogens with one attached hydrogen (secondary N) is 1. The Bertz CT molecular complexity index is 1260. The van der Waals surface area contributed by atoms with Crippen LogP contribution in [0.1, 0.15) is 29.2 Å². The molecule has 3 aromatic rings. The fraction of sp³-hybridized carbons (Fsp3) is 0.136. The first kappa shape index (κ1) is 22.7. The van der Waals surface area contributed by atoms with Gasteiger partial charge in [-0.3, -0.25) is 25.7 Å². The quantitative estimate of drug-likeness (QED) is 0.367. The average Bonchev–Trinajstić information content (AvgIpc) is 2.81. The van der Waals surface area contributed by atoms with Crippen molar-refractivity contribution in [2.24, 2.45) is 5.10 Å². The molecular weight excluding hydrogens is 457 g/mol. The van der Waals surface area contributed by atoms with Crippen LogP contribution in [0.4, 0.5) is 30.2 Å². The number of fused-ring (bicyclic) bond motifs is 1. The highest BCUT2D eigenvalue weighted by molar-refractivity contribution is 6.04. The third kappa shape index (κ3) is 4.51. The first-order valence-electron chi connectivity index (χ1n) is 9.82. The van der Waals surface area contributed by atoms with Gasteiger partial charge in [0.2, 0.25) is 5.69 Å². The lowest BCUT2D eigenvalue weighted by molar-refractivity contribution is -0.392. The van der Waals surface area contributed by atoms with Crippen molar-refractivity contribution in [1.82, 2.24) is 0 Å². The Morgan fingerprint density at radius 3 is 2.12 bits per heavy atom. The number of hydrogen-bond acceptors (Lipinski definition) is 7. The summed E-state index contributed by atoms with van der Waals surface area (Å²) in [5.41, 5.74) is -0.484. The summed E-state index contributed by atoms with van der Waals surface area (Å²) in [5.74, 6) is 0.472. The van der Waals surface area contributed by atoms with Crippen LogP contribution in [0.3, 0.4) is 0 Å². The molecule has 4 rings (SSSR count). The molecule has 0 radical (unpaired) electrons. The van der Waals surface area contributed by atoms with Gasteiger partial charge in [0.25, 0.3) is 0 Å². The number of hydrazone groups is 1. The van der Waals surface area contributed by atoms with E-state index in [2.05, 4.69) is 10.5 Å². The zero-order chi connectivity index (χ0) is 24.5. The minimum Gasteiger partial charge on any atom is -0.485 e. The fourth-order valence-electron chi connectivity index (χ4n) is 3.55. The number of alkyl halides is 3. The molecule has 0 aliphatic carbocycles. The largest absolute Gasteiger partial charge is 0.485 e. The molecule has 3 aromatic carbocycles. The summed E-state index contributed by atoms with van der Waals surface area (Å²) in [6.45, 7) is 0. The Labute approximate surface area is 189 Å². The van der Waals surface area contributed by atoms with Crippen LogP contribution < -0.4 is 10.2 Å². The van der Waals surface area contributed by atoms with Crippen LogP contribution in [0.15, 0.2) is 71.8 Å². The predicted octanol–water partition coefficient (Wildman–Crippen LogP) is 5.86. The van der Waals surface area contributed by atoms with E-state index >= 15 is 0 Å². The van der Waals surface area contributed by atoms with E-state index in [9.17, 15) is 33.4 Å². The number of ether oxygens (including phenoxy) is 1. The molecule has 0 saturated heterocycles. The molecule has 0 spiro atoms. The van der Waals surface area contributed by atoms with E-state index in [0.29, 0.717) is 17.0 Å². The monoisotopic (exact) mass is 472 g/mol. The van der Waals surface area contributed by atoms with Gasteiger partial charge in [-0.2, -0.15) is 18.3 Å². The topological polar surface area (TPSA) is 120 Å². The molecule has 1 N–H and O–H groups in total. The van der Waals surface area contributed by atoms with Crippen LogP contribution in [-0.2, 0) is 6.18 Å². The van der Waals surface area contributed by atoms with E-state index in [0.717, 1.165) is 5.56 Å². The van der Waals surface area contributed by atoms with Gasteiger partial charge in [0, 0.05) is 24.1 Å².